The van der Waals surface area contributed by atoms with E-state index in [0.29, 0.717) is 0 Å². The highest BCUT2D eigenvalue weighted by Crippen LogP contribution is 2.46. The minimum Gasteiger partial charge on any atom is -0.340 e. The van der Waals surface area contributed by atoms with Crippen molar-refractivity contribution >= 4 is 32.1 Å². The number of hydrogen-bond donors (Lipinski definition) is 0. The fraction of sp³-hybridized carbons (Fsp3) is 0.226. The zero-order valence-electron chi connectivity index (χ0n) is 21.3. The molecule has 0 bridgehead atoms. The number of nitrogens with zero attached hydrogens (tertiary/aromatic N) is 1. The van der Waals surface area contributed by atoms with Gasteiger partial charge in [-0.2, -0.15) is 0 Å². The van der Waals surface area contributed by atoms with Crippen LogP contribution in [0.25, 0.3) is 0 Å². The van der Waals surface area contributed by atoms with Crippen molar-refractivity contribution in [2.45, 2.75) is 32.9 Å². The predicted molar refractivity (Wildman–Crippen MR) is 155 cm³/mol. The van der Waals surface area contributed by atoms with Gasteiger partial charge in [0.1, 0.15) is 6.10 Å². The van der Waals surface area contributed by atoms with Gasteiger partial charge in [0, 0.05) is 16.7 Å². The highest BCUT2D eigenvalue weighted by atomic mass is 31.1. The van der Waals surface area contributed by atoms with Crippen LogP contribution >= 0.6 is 16.2 Å². The average molecular weight is 500 g/mol. The van der Waals surface area contributed by atoms with Crippen LogP contribution < -0.4 is 15.9 Å². The molecule has 0 aliphatic heterocycles. The third kappa shape index (κ3) is 6.46. The molecule has 0 spiro atoms. The van der Waals surface area contributed by atoms with Crippen molar-refractivity contribution < 1.29 is 4.52 Å². The normalized spacial score (nSPS) is 14.1. The summed E-state index contributed by atoms with van der Waals surface area (Å²) in [4.78, 5) is 0. The first-order valence-corrected chi connectivity index (χ1v) is 15.1. The van der Waals surface area contributed by atoms with E-state index >= 15 is 0 Å². The third-order valence-electron chi connectivity index (χ3n) is 6.51. The molecule has 0 heterocycles. The second-order valence-electron chi connectivity index (χ2n) is 9.08. The second kappa shape index (κ2) is 12.1. The van der Waals surface area contributed by atoms with Gasteiger partial charge >= 0.3 is 0 Å². The molecule has 3 atom stereocenters. The maximum Gasteiger partial charge on any atom is 0.103 e. The number of likely N-dealkylation sites (N-methyl/N-ethyl adjacent to an activating group) is 1. The van der Waals surface area contributed by atoms with Crippen LogP contribution in [0.3, 0.4) is 0 Å². The van der Waals surface area contributed by atoms with Crippen LogP contribution in [-0.2, 0) is 4.52 Å². The SMILES string of the molecule is Cc1ccc(P(O[C@H](c2ccccc2)[C@H](C)N(C)P(C)c2ccccc2)c2ccc(C)cc2)cc1. The van der Waals surface area contributed by atoms with Crippen LogP contribution in [0, 0.1) is 13.8 Å². The summed E-state index contributed by atoms with van der Waals surface area (Å²) in [6, 6.07) is 39.4. The summed E-state index contributed by atoms with van der Waals surface area (Å²) in [7, 11) is 0.769. The van der Waals surface area contributed by atoms with Gasteiger partial charge in [0.25, 0.3) is 0 Å². The molecule has 0 aliphatic rings. The lowest BCUT2D eigenvalue weighted by Crippen LogP contribution is -2.34. The Bertz CT molecular complexity index is 1130. The van der Waals surface area contributed by atoms with Crippen molar-refractivity contribution in [3.63, 3.8) is 0 Å². The lowest BCUT2D eigenvalue weighted by Gasteiger charge is -2.38. The molecule has 0 N–H and O–H groups in total. The zero-order chi connectivity index (χ0) is 24.8. The average Bonchev–Trinajstić information content (AvgIpc) is 2.90. The van der Waals surface area contributed by atoms with E-state index in [0.717, 1.165) is 0 Å². The molecule has 4 aromatic rings. The molecule has 0 radical (unpaired) electrons. The maximum absolute atomic E-state index is 7.19. The molecule has 4 aromatic carbocycles. The summed E-state index contributed by atoms with van der Waals surface area (Å²) in [5, 5.41) is 3.86. The van der Waals surface area contributed by atoms with Gasteiger partial charge in [-0.3, -0.25) is 4.67 Å². The van der Waals surface area contributed by atoms with E-state index < -0.39 is 16.2 Å². The van der Waals surface area contributed by atoms with Crippen molar-refractivity contribution in [1.29, 1.82) is 0 Å². The molecule has 180 valence electrons. The first-order valence-electron chi connectivity index (χ1n) is 12.1. The molecule has 0 aliphatic carbocycles. The Balaban J connectivity index is 1.71. The van der Waals surface area contributed by atoms with Crippen molar-refractivity contribution in [2.75, 3.05) is 13.7 Å². The maximum atomic E-state index is 7.19. The first-order chi connectivity index (χ1) is 16.9. The number of hydrogen-bond acceptors (Lipinski definition) is 2. The Morgan fingerprint density at radius 3 is 1.57 bits per heavy atom. The monoisotopic (exact) mass is 499 g/mol. The van der Waals surface area contributed by atoms with Crippen LogP contribution in [0.5, 0.6) is 0 Å². The fourth-order valence-electron chi connectivity index (χ4n) is 4.11. The lowest BCUT2D eigenvalue weighted by atomic mass is 10.0. The smallest absolute Gasteiger partial charge is 0.103 e. The van der Waals surface area contributed by atoms with E-state index in [1.54, 1.807) is 0 Å². The highest BCUT2D eigenvalue weighted by Gasteiger charge is 2.31. The Hall–Kier alpha value is -2.34. The molecule has 0 saturated carbocycles. The number of aryl methyl sites for hydroxylation is 2. The Morgan fingerprint density at radius 1 is 0.629 bits per heavy atom. The summed E-state index contributed by atoms with van der Waals surface area (Å²) in [5.41, 5.74) is 3.75. The van der Waals surface area contributed by atoms with E-state index in [4.69, 9.17) is 4.52 Å². The van der Waals surface area contributed by atoms with Gasteiger partial charge in [0.05, 0.1) is 8.15 Å². The lowest BCUT2D eigenvalue weighted by molar-refractivity contribution is 0.154. The van der Waals surface area contributed by atoms with Crippen molar-refractivity contribution in [3.8, 4) is 0 Å². The van der Waals surface area contributed by atoms with Gasteiger partial charge < -0.3 is 4.52 Å². The van der Waals surface area contributed by atoms with Gasteiger partial charge in [-0.05, 0) is 53.4 Å². The Labute approximate surface area is 213 Å². The van der Waals surface area contributed by atoms with Gasteiger partial charge in [0.15, 0.2) is 0 Å². The zero-order valence-corrected chi connectivity index (χ0v) is 23.1. The molecule has 1 unspecified atom stereocenters. The number of benzene rings is 4. The van der Waals surface area contributed by atoms with Crippen LogP contribution in [0.2, 0.25) is 0 Å². The van der Waals surface area contributed by atoms with E-state index in [1.165, 1.54) is 32.6 Å². The largest absolute Gasteiger partial charge is 0.340 e. The van der Waals surface area contributed by atoms with Gasteiger partial charge in [-0.15, -0.1) is 0 Å². The quantitative estimate of drug-likeness (QED) is 0.228. The van der Waals surface area contributed by atoms with E-state index in [-0.39, 0.29) is 12.1 Å². The third-order valence-corrected chi connectivity index (χ3v) is 10.8. The summed E-state index contributed by atoms with van der Waals surface area (Å²) >= 11 is 0. The summed E-state index contributed by atoms with van der Waals surface area (Å²) in [6.07, 6.45) is -0.0661. The van der Waals surface area contributed by atoms with Crippen molar-refractivity contribution in [2.24, 2.45) is 0 Å². The summed E-state index contributed by atoms with van der Waals surface area (Å²) in [6.45, 7) is 8.91. The molecule has 0 fully saturated rings. The van der Waals surface area contributed by atoms with Gasteiger partial charge in [-0.25, -0.2) is 0 Å². The second-order valence-corrected chi connectivity index (χ2v) is 13.1. The van der Waals surface area contributed by atoms with E-state index in [9.17, 15) is 0 Å². The highest BCUT2D eigenvalue weighted by molar-refractivity contribution is 7.68. The van der Waals surface area contributed by atoms with Gasteiger partial charge in [-0.1, -0.05) is 120 Å². The van der Waals surface area contributed by atoms with Gasteiger partial charge in [0.2, 0.25) is 0 Å². The topological polar surface area (TPSA) is 12.5 Å². The predicted octanol–water partition coefficient (Wildman–Crippen LogP) is 7.08. The van der Waals surface area contributed by atoms with Crippen LogP contribution in [0.1, 0.15) is 29.7 Å². The summed E-state index contributed by atoms with van der Waals surface area (Å²) < 4.78 is 9.69. The molecule has 4 heteroatoms. The molecular weight excluding hydrogens is 464 g/mol. The van der Waals surface area contributed by atoms with Crippen molar-refractivity contribution in [3.05, 3.63) is 126 Å². The molecule has 0 aromatic heterocycles. The first kappa shape index (κ1) is 25.7. The standard InChI is InChI=1S/C31H35NOP2/c1-24-16-20-29(21-17-24)35(30-22-18-25(2)19-23-30)33-31(27-12-8-6-9-13-27)26(3)32(4)34(5)28-14-10-7-11-15-28/h6-23,26,31H,1-5H3/t26-,31-,34?/m0/s1. The molecule has 0 saturated heterocycles. The van der Waals surface area contributed by atoms with Crippen LogP contribution in [0.15, 0.2) is 109 Å². The number of rotatable bonds is 9. The van der Waals surface area contributed by atoms with E-state index in [1.807, 2.05) is 0 Å². The van der Waals surface area contributed by atoms with Crippen molar-refractivity contribution in [1.82, 2.24) is 4.67 Å². The molecule has 4 rings (SSSR count). The molecule has 0 amide bonds. The Morgan fingerprint density at radius 2 is 1.09 bits per heavy atom. The fourth-order valence-corrected chi connectivity index (χ4v) is 7.65. The molecule has 2 nitrogen and oxygen atoms in total. The Kier molecular flexibility index (Phi) is 8.88. The van der Waals surface area contributed by atoms with Crippen LogP contribution in [0.4, 0.5) is 0 Å². The minimum atomic E-state index is -0.989. The summed E-state index contributed by atoms with van der Waals surface area (Å²) in [5.74, 6) is 0. The van der Waals surface area contributed by atoms with E-state index in [2.05, 4.69) is 148 Å². The molecule has 35 heavy (non-hydrogen) atoms. The molecular formula is C31H35NOP2. The van der Waals surface area contributed by atoms with Crippen LogP contribution in [-0.4, -0.2) is 24.4 Å². The minimum absolute atomic E-state index is 0.0661.